The van der Waals surface area contributed by atoms with E-state index in [0.717, 1.165) is 6.07 Å². The lowest BCUT2D eigenvalue weighted by Gasteiger charge is -2.07. The van der Waals surface area contributed by atoms with Gasteiger partial charge in [-0.1, -0.05) is 0 Å². The van der Waals surface area contributed by atoms with Gasteiger partial charge in [0.05, 0.1) is 11.4 Å². The van der Waals surface area contributed by atoms with Crippen molar-refractivity contribution >= 4 is 29.0 Å². The van der Waals surface area contributed by atoms with Crippen molar-refractivity contribution in [3.8, 4) is 0 Å². The van der Waals surface area contributed by atoms with Crippen LogP contribution in [0.15, 0.2) is 12.1 Å². The maximum atomic E-state index is 13.2. The molecule has 0 aliphatic rings. The van der Waals surface area contributed by atoms with Gasteiger partial charge in [0.25, 0.3) is 0 Å². The zero-order valence-electron chi connectivity index (χ0n) is 8.72. The van der Waals surface area contributed by atoms with Gasteiger partial charge in [-0.2, -0.15) is 11.8 Å². The van der Waals surface area contributed by atoms with Crippen LogP contribution in [0.1, 0.15) is 6.42 Å². The number of amides is 1. The van der Waals surface area contributed by atoms with Gasteiger partial charge in [0.2, 0.25) is 5.91 Å². The van der Waals surface area contributed by atoms with E-state index < -0.39 is 11.6 Å². The number of carbonyl (C=O) groups excluding carboxylic acids is 1. The normalized spacial score (nSPS) is 10.2. The molecule has 3 nitrogen and oxygen atoms in total. The van der Waals surface area contributed by atoms with Crippen molar-refractivity contribution in [2.75, 3.05) is 23.1 Å². The summed E-state index contributed by atoms with van der Waals surface area (Å²) in [5, 5.41) is 2.34. The van der Waals surface area contributed by atoms with Crippen LogP contribution in [0.3, 0.4) is 0 Å². The molecule has 1 amide bonds. The van der Waals surface area contributed by atoms with Gasteiger partial charge in [-0.25, -0.2) is 8.78 Å². The first kappa shape index (κ1) is 12.8. The second-order valence-electron chi connectivity index (χ2n) is 3.14. The van der Waals surface area contributed by atoms with Crippen molar-refractivity contribution in [3.05, 3.63) is 23.8 Å². The molecule has 0 aromatic heterocycles. The number of nitrogen functional groups attached to an aromatic ring is 1. The molecule has 0 saturated heterocycles. The Balaban J connectivity index is 2.73. The number of thioether (sulfide) groups is 1. The summed E-state index contributed by atoms with van der Waals surface area (Å²) in [5.41, 5.74) is 4.98. The van der Waals surface area contributed by atoms with E-state index in [1.807, 2.05) is 6.26 Å². The summed E-state index contributed by atoms with van der Waals surface area (Å²) in [6.07, 6.45) is 2.14. The first-order chi connectivity index (χ1) is 7.54. The van der Waals surface area contributed by atoms with Crippen LogP contribution < -0.4 is 11.1 Å². The number of carbonyl (C=O) groups is 1. The number of rotatable bonds is 4. The van der Waals surface area contributed by atoms with E-state index >= 15 is 0 Å². The van der Waals surface area contributed by atoms with E-state index in [9.17, 15) is 13.6 Å². The molecule has 0 aliphatic heterocycles. The molecule has 0 atom stereocenters. The molecular weight excluding hydrogens is 234 g/mol. The number of nitrogens with one attached hydrogen (secondary N) is 1. The van der Waals surface area contributed by atoms with E-state index in [1.54, 1.807) is 0 Å². The molecule has 0 spiro atoms. The summed E-state index contributed by atoms with van der Waals surface area (Å²) >= 11 is 1.51. The number of hydrogen-bond donors (Lipinski definition) is 2. The van der Waals surface area contributed by atoms with Crippen LogP contribution in [0.5, 0.6) is 0 Å². The zero-order chi connectivity index (χ0) is 12.1. The Morgan fingerprint density at radius 2 is 2.12 bits per heavy atom. The monoisotopic (exact) mass is 246 g/mol. The fourth-order valence-electron chi connectivity index (χ4n) is 1.07. The molecule has 0 aliphatic carbocycles. The summed E-state index contributed by atoms with van der Waals surface area (Å²) in [6, 6.07) is 1.72. The second kappa shape index (κ2) is 5.69. The Morgan fingerprint density at radius 3 is 2.75 bits per heavy atom. The van der Waals surface area contributed by atoms with Gasteiger partial charge in [0.15, 0.2) is 0 Å². The summed E-state index contributed by atoms with van der Waals surface area (Å²) in [5.74, 6) is -1.34. The Bertz CT molecular complexity index is 399. The molecule has 1 rings (SSSR count). The molecule has 3 N–H and O–H groups in total. The third-order valence-electron chi connectivity index (χ3n) is 1.89. The highest BCUT2D eigenvalue weighted by Gasteiger charge is 2.10. The lowest BCUT2D eigenvalue weighted by atomic mass is 10.2. The van der Waals surface area contributed by atoms with Gasteiger partial charge < -0.3 is 11.1 Å². The highest BCUT2D eigenvalue weighted by atomic mass is 32.2. The summed E-state index contributed by atoms with van der Waals surface area (Å²) in [6.45, 7) is 0. The van der Waals surface area contributed by atoms with E-state index in [-0.39, 0.29) is 23.7 Å². The van der Waals surface area contributed by atoms with Crippen LogP contribution in [-0.2, 0) is 4.79 Å². The lowest BCUT2D eigenvalue weighted by Crippen LogP contribution is -2.13. The molecule has 0 unspecified atom stereocenters. The number of nitrogens with two attached hydrogens (primary N) is 1. The highest BCUT2D eigenvalue weighted by Crippen LogP contribution is 2.21. The van der Waals surface area contributed by atoms with Crippen LogP contribution in [0.2, 0.25) is 0 Å². The van der Waals surface area contributed by atoms with E-state index in [0.29, 0.717) is 11.8 Å². The molecule has 0 bridgehead atoms. The largest absolute Gasteiger partial charge is 0.396 e. The van der Waals surface area contributed by atoms with Crippen LogP contribution in [0, 0.1) is 11.6 Å². The predicted octanol–water partition coefficient (Wildman–Crippen LogP) is 2.24. The maximum Gasteiger partial charge on any atom is 0.225 e. The number of anilines is 2. The average molecular weight is 246 g/mol. The van der Waals surface area contributed by atoms with E-state index in [2.05, 4.69) is 5.32 Å². The quantitative estimate of drug-likeness (QED) is 0.801. The standard InChI is InChI=1S/C10H12F2N2OS/c1-16-3-2-10(15)14-9-5-8(13)6(11)4-7(9)12/h4-5H,2-3,13H2,1H3,(H,14,15). The lowest BCUT2D eigenvalue weighted by molar-refractivity contribution is -0.115. The van der Waals surface area contributed by atoms with Crippen molar-refractivity contribution in [3.63, 3.8) is 0 Å². The van der Waals surface area contributed by atoms with Crippen molar-refractivity contribution < 1.29 is 13.6 Å². The fourth-order valence-corrected chi connectivity index (χ4v) is 1.46. The maximum absolute atomic E-state index is 13.2. The third-order valence-corrected chi connectivity index (χ3v) is 2.51. The number of benzene rings is 1. The summed E-state index contributed by atoms with van der Waals surface area (Å²) in [4.78, 5) is 11.3. The second-order valence-corrected chi connectivity index (χ2v) is 4.13. The number of hydrogen-bond acceptors (Lipinski definition) is 3. The first-order valence-electron chi connectivity index (χ1n) is 4.58. The molecule has 1 aromatic rings. The summed E-state index contributed by atoms with van der Waals surface area (Å²) < 4.78 is 26.0. The Hall–Kier alpha value is -1.30. The highest BCUT2D eigenvalue weighted by molar-refractivity contribution is 7.98. The molecule has 0 fully saturated rings. The predicted molar refractivity (Wildman–Crippen MR) is 62.4 cm³/mol. The minimum Gasteiger partial charge on any atom is -0.396 e. The van der Waals surface area contributed by atoms with Gasteiger partial charge in [0.1, 0.15) is 11.6 Å². The van der Waals surface area contributed by atoms with Crippen LogP contribution >= 0.6 is 11.8 Å². The van der Waals surface area contributed by atoms with Gasteiger partial charge in [0, 0.05) is 18.2 Å². The average Bonchev–Trinajstić information content (AvgIpc) is 2.23. The molecule has 0 heterocycles. The topological polar surface area (TPSA) is 55.1 Å². The Labute approximate surface area is 96.4 Å². The van der Waals surface area contributed by atoms with Crippen molar-refractivity contribution in [2.24, 2.45) is 0 Å². The smallest absolute Gasteiger partial charge is 0.225 e. The van der Waals surface area contributed by atoms with Gasteiger partial charge >= 0.3 is 0 Å². The first-order valence-corrected chi connectivity index (χ1v) is 5.97. The molecule has 6 heteroatoms. The minimum atomic E-state index is -0.834. The van der Waals surface area contributed by atoms with Gasteiger partial charge in [-0.05, 0) is 12.3 Å². The molecule has 1 aromatic carbocycles. The van der Waals surface area contributed by atoms with Crippen LogP contribution in [-0.4, -0.2) is 17.9 Å². The molecule has 16 heavy (non-hydrogen) atoms. The SMILES string of the molecule is CSCCC(=O)Nc1cc(N)c(F)cc1F. The molecule has 0 radical (unpaired) electrons. The van der Waals surface area contributed by atoms with Crippen molar-refractivity contribution in [2.45, 2.75) is 6.42 Å². The molecule has 0 saturated carbocycles. The van der Waals surface area contributed by atoms with E-state index in [4.69, 9.17) is 5.73 Å². The third kappa shape index (κ3) is 3.37. The summed E-state index contributed by atoms with van der Waals surface area (Å²) in [7, 11) is 0. The molecule has 88 valence electrons. The fraction of sp³-hybridized carbons (Fsp3) is 0.300. The Kier molecular flexibility index (Phi) is 4.54. The molecular formula is C10H12F2N2OS. The van der Waals surface area contributed by atoms with Crippen molar-refractivity contribution in [1.82, 2.24) is 0 Å². The van der Waals surface area contributed by atoms with Gasteiger partial charge in [-0.3, -0.25) is 4.79 Å². The zero-order valence-corrected chi connectivity index (χ0v) is 9.54. The van der Waals surface area contributed by atoms with Crippen LogP contribution in [0.25, 0.3) is 0 Å². The van der Waals surface area contributed by atoms with Crippen molar-refractivity contribution in [1.29, 1.82) is 0 Å². The van der Waals surface area contributed by atoms with Gasteiger partial charge in [-0.15, -0.1) is 0 Å². The van der Waals surface area contributed by atoms with E-state index in [1.165, 1.54) is 11.8 Å². The number of halogens is 2. The Morgan fingerprint density at radius 1 is 1.44 bits per heavy atom. The van der Waals surface area contributed by atoms with Crippen LogP contribution in [0.4, 0.5) is 20.2 Å². The minimum absolute atomic E-state index is 0.0926.